The van der Waals surface area contributed by atoms with Gasteiger partial charge >= 0.3 is 24.1 Å². The van der Waals surface area contributed by atoms with Crippen LogP contribution in [0.3, 0.4) is 0 Å². The van der Waals surface area contributed by atoms with Crippen LogP contribution in [0, 0.1) is 0 Å². The number of esters is 1. The zero-order chi connectivity index (χ0) is 63.0. The summed E-state index contributed by atoms with van der Waals surface area (Å²) in [4.78, 5) is 104. The summed E-state index contributed by atoms with van der Waals surface area (Å²) in [5.41, 5.74) is 4.53. The molecule has 4 N–H and O–H groups in total. The lowest BCUT2D eigenvalue weighted by Crippen LogP contribution is -2.54. The Morgan fingerprint density at radius 2 is 1.13 bits per heavy atom. The van der Waals surface area contributed by atoms with Crippen molar-refractivity contribution in [3.8, 4) is 11.3 Å². The second kappa shape index (κ2) is 30.0. The fourth-order valence-corrected chi connectivity index (χ4v) is 11.5. The monoisotopic (exact) mass is 1230 g/mol. The number of furan rings is 2. The minimum Gasteiger partial charge on any atom is -0.475 e. The van der Waals surface area contributed by atoms with Gasteiger partial charge < -0.3 is 63.2 Å². The third-order valence-electron chi connectivity index (χ3n) is 15.9. The van der Waals surface area contributed by atoms with E-state index in [1.165, 1.54) is 17.2 Å². The summed E-state index contributed by atoms with van der Waals surface area (Å²) in [6, 6.07) is 35.3. The Bertz CT molecular complexity index is 3530. The minimum absolute atomic E-state index is 0.0211. The number of carboxylic acid groups (broad SMARTS) is 2. The smallest absolute Gasteiger partial charge is 0.475 e. The molecule has 8 heterocycles. The number of hydrogen-bond donors (Lipinski definition) is 4. The zero-order valence-corrected chi connectivity index (χ0v) is 49.1. The van der Waals surface area contributed by atoms with E-state index < -0.39 is 36.2 Å². The number of hydrogen-bond acceptors (Lipinski definition) is 14. The Labute approximate surface area is 511 Å². The van der Waals surface area contributed by atoms with Crippen LogP contribution in [0.4, 0.5) is 13.2 Å². The van der Waals surface area contributed by atoms with E-state index in [0.717, 1.165) is 50.6 Å². The number of carboxylic acids is 2. The number of aliphatic carboxylic acids is 1. The first-order valence-electron chi connectivity index (χ1n) is 29.7. The van der Waals surface area contributed by atoms with Crippen LogP contribution in [0.25, 0.3) is 11.3 Å². The van der Waals surface area contributed by atoms with Gasteiger partial charge in [-0.05, 0) is 93.7 Å². The molecular formula is C64H71F3N10O12. The number of aromatic nitrogens is 4. The van der Waals surface area contributed by atoms with E-state index in [1.807, 2.05) is 81.1 Å². The van der Waals surface area contributed by atoms with Crippen molar-refractivity contribution in [2.45, 2.75) is 102 Å². The molecule has 4 amide bonds. The number of aromatic carboxylic acids is 1. The molecule has 4 atom stereocenters. The molecule has 3 aromatic carbocycles. The number of nitrogens with one attached hydrogen (secondary N) is 2. The third kappa shape index (κ3) is 16.4. The first-order chi connectivity index (χ1) is 43.0. The maximum Gasteiger partial charge on any atom is 0.490 e. The fourth-order valence-electron chi connectivity index (χ4n) is 11.5. The van der Waals surface area contributed by atoms with Crippen molar-refractivity contribution >= 4 is 41.5 Å². The Kier molecular flexibility index (Phi) is 21.6. The van der Waals surface area contributed by atoms with Crippen molar-refractivity contribution < 1.29 is 70.5 Å². The number of nitrogens with zero attached hydrogens (tertiary/aromatic N) is 8. The van der Waals surface area contributed by atoms with Crippen LogP contribution in [-0.4, -0.2) is 168 Å². The third-order valence-corrected chi connectivity index (χ3v) is 15.9. The first kappa shape index (κ1) is 64.1. The second-order valence-electron chi connectivity index (χ2n) is 21.9. The van der Waals surface area contributed by atoms with E-state index in [2.05, 4.69) is 39.9 Å². The number of imidazole rings is 2. The number of benzene rings is 3. The van der Waals surface area contributed by atoms with Crippen LogP contribution in [0.2, 0.25) is 0 Å². The minimum atomic E-state index is -5.08. The zero-order valence-electron chi connectivity index (χ0n) is 49.1. The van der Waals surface area contributed by atoms with Crippen LogP contribution in [0.1, 0.15) is 122 Å². The van der Waals surface area contributed by atoms with Gasteiger partial charge in [0.25, 0.3) is 11.8 Å². The van der Waals surface area contributed by atoms with Gasteiger partial charge in [-0.15, -0.1) is 0 Å². The van der Waals surface area contributed by atoms with Crippen LogP contribution in [0.15, 0.2) is 143 Å². The topological polar surface area (TPSA) is 268 Å². The number of piperazine rings is 2. The van der Waals surface area contributed by atoms with Gasteiger partial charge in [0.05, 0.1) is 38.0 Å². The lowest BCUT2D eigenvalue weighted by molar-refractivity contribution is -0.192. The van der Waals surface area contributed by atoms with Crippen molar-refractivity contribution in [1.29, 1.82) is 0 Å². The Balaban J connectivity index is 0.000000194. The van der Waals surface area contributed by atoms with E-state index in [-0.39, 0.29) is 66.9 Å². The highest BCUT2D eigenvalue weighted by atomic mass is 19.4. The standard InChI is InChI=1S/C35H39N5O5.C27H31N5O5.C2HF3O2/c1-2-44-35(43)30-17-16-28(45-30)23-38-19-10-9-15-29(33(38)41)40-24-37-31(32(40)26-13-7-4-8-14-26)34(42)39-20-18-36-22-27(39)21-25-11-5-3-6-12-25;33-25(32-13-11-28-15-20(32)14-19-6-2-1-3-7-19)22-17-31(18-29-22)23-8-4-5-12-30(26(23)34)16-21-9-10-24(37-21)27(35)36;3-2(4,5)1(6)7/h3-8,11-14,16-17,24,27,29,36H,2,9-10,15,18-23H2,1H3;1-3,6-7,9-10,17-18,20,23,28H,4-5,8,11-16H2,(H,35,36);(H,6,7)/t27-,29?;20-,23?;/m11./s1. The summed E-state index contributed by atoms with van der Waals surface area (Å²) < 4.78 is 51.5. The highest BCUT2D eigenvalue weighted by Gasteiger charge is 2.39. The fraction of sp³-hybridized carbons (Fsp3) is 0.391. The number of likely N-dealkylation sites (tertiary alicyclic amines) is 2. The molecule has 2 unspecified atom stereocenters. The number of carbonyl (C=O) groups excluding carboxylic acids is 5. The van der Waals surface area contributed by atoms with Gasteiger partial charge in [-0.3, -0.25) is 19.2 Å². The highest BCUT2D eigenvalue weighted by molar-refractivity contribution is 5.99. The van der Waals surface area contributed by atoms with Crippen LogP contribution in [-0.2, 0) is 45.1 Å². The Hall–Kier alpha value is -9.36. The summed E-state index contributed by atoms with van der Waals surface area (Å²) in [6.45, 7) is 7.56. The van der Waals surface area contributed by atoms with Gasteiger partial charge in [0.1, 0.15) is 29.3 Å². The van der Waals surface area contributed by atoms with E-state index >= 15 is 0 Å². The quantitative estimate of drug-likeness (QED) is 0.0669. The molecule has 470 valence electrons. The molecule has 0 aliphatic carbocycles. The molecule has 25 heteroatoms. The number of amides is 4. The number of alkyl halides is 3. The SMILES string of the molecule is CCOC(=O)c1ccc(CN2CCCCC(n3cnc(C(=O)N4CCNC[C@H]4Cc4ccccc4)c3-c3ccccc3)C2=O)o1.O=C(O)C(F)(F)F.O=C(O)c1ccc(CN2CCCCC(n3cnc(C(=O)N4CCNC[C@H]4Cc4ccccc4)c3)C2=O)o1. The number of rotatable bonds is 16. The lowest BCUT2D eigenvalue weighted by atomic mass is 10.0. The van der Waals surface area contributed by atoms with Crippen LogP contribution in [0.5, 0.6) is 0 Å². The Morgan fingerprint density at radius 3 is 1.66 bits per heavy atom. The molecular weight excluding hydrogens is 1160 g/mol. The van der Waals surface area contributed by atoms with Crippen molar-refractivity contribution in [3.63, 3.8) is 0 Å². The highest BCUT2D eigenvalue weighted by Crippen LogP contribution is 2.34. The number of halogens is 3. The first-order valence-corrected chi connectivity index (χ1v) is 29.7. The lowest BCUT2D eigenvalue weighted by Gasteiger charge is -2.36. The van der Waals surface area contributed by atoms with E-state index in [0.29, 0.717) is 87.3 Å². The van der Waals surface area contributed by atoms with Gasteiger partial charge in [-0.25, -0.2) is 24.4 Å². The summed E-state index contributed by atoms with van der Waals surface area (Å²) in [5.74, 6) is -3.93. The molecule has 0 spiro atoms. The summed E-state index contributed by atoms with van der Waals surface area (Å²) in [6.07, 6.45) is 5.94. The molecule has 0 saturated carbocycles. The van der Waals surface area contributed by atoms with Crippen LogP contribution < -0.4 is 10.6 Å². The molecule has 0 radical (unpaired) electrons. The largest absolute Gasteiger partial charge is 0.490 e. The predicted octanol–water partition coefficient (Wildman–Crippen LogP) is 7.95. The summed E-state index contributed by atoms with van der Waals surface area (Å²) >= 11 is 0. The van der Waals surface area contributed by atoms with Gasteiger partial charge in [0.15, 0.2) is 5.69 Å². The van der Waals surface area contributed by atoms with Crippen molar-refractivity contribution in [2.75, 3.05) is 59.0 Å². The summed E-state index contributed by atoms with van der Waals surface area (Å²) in [7, 11) is 0. The predicted molar refractivity (Wildman–Crippen MR) is 316 cm³/mol. The average Bonchev–Trinajstić information content (AvgIpc) is 2.23. The van der Waals surface area contributed by atoms with Crippen molar-refractivity contribution in [3.05, 3.63) is 180 Å². The van der Waals surface area contributed by atoms with Gasteiger partial charge in [0.2, 0.25) is 23.3 Å². The van der Waals surface area contributed by atoms with Crippen molar-refractivity contribution in [2.24, 2.45) is 0 Å². The van der Waals surface area contributed by atoms with Crippen LogP contribution >= 0.6 is 0 Å². The molecule has 4 aromatic heterocycles. The maximum atomic E-state index is 14.3. The van der Waals surface area contributed by atoms with E-state index in [4.69, 9.17) is 33.6 Å². The molecule has 4 saturated heterocycles. The molecule has 11 rings (SSSR count). The average molecular weight is 1230 g/mol. The normalized spacial score (nSPS) is 19.0. The van der Waals surface area contributed by atoms with E-state index in [1.54, 1.807) is 58.3 Å². The summed E-state index contributed by atoms with van der Waals surface area (Å²) in [5, 5.41) is 23.1. The molecule has 22 nitrogen and oxygen atoms in total. The molecule has 7 aromatic rings. The van der Waals surface area contributed by atoms with Gasteiger partial charge in [-0.2, -0.15) is 13.2 Å². The number of carbonyl (C=O) groups is 7. The molecule has 4 aliphatic heterocycles. The molecule has 4 fully saturated rings. The van der Waals surface area contributed by atoms with Gasteiger partial charge in [-0.1, -0.05) is 91.0 Å². The number of ether oxygens (including phenoxy) is 1. The van der Waals surface area contributed by atoms with Gasteiger partial charge in [0, 0.05) is 76.2 Å². The molecule has 89 heavy (non-hydrogen) atoms. The Morgan fingerprint density at radius 1 is 0.629 bits per heavy atom. The molecule has 0 bridgehead atoms. The molecule has 4 aliphatic rings. The second-order valence-corrected chi connectivity index (χ2v) is 21.9. The maximum absolute atomic E-state index is 14.3. The van der Waals surface area contributed by atoms with Crippen molar-refractivity contribution in [1.82, 2.24) is 49.3 Å². The van der Waals surface area contributed by atoms with E-state index in [9.17, 15) is 41.9 Å².